The average molecular weight is 897 g/mol. The van der Waals surface area contributed by atoms with Crippen LogP contribution >= 0.6 is 46.8 Å². The highest BCUT2D eigenvalue weighted by Crippen LogP contribution is 2.41. The minimum atomic E-state index is -0.662. The highest BCUT2D eigenvalue weighted by atomic mass is 33.1. The predicted molar refractivity (Wildman–Crippen MR) is 252 cm³/mol. The van der Waals surface area contributed by atoms with Gasteiger partial charge in [0.25, 0.3) is 0 Å². The largest absolute Gasteiger partial charge is 0.481 e. The predicted octanol–water partition coefficient (Wildman–Crippen LogP) is 8.27. The van der Waals surface area contributed by atoms with Crippen molar-refractivity contribution in [2.24, 2.45) is 27.7 Å². The van der Waals surface area contributed by atoms with Crippen LogP contribution in [-0.4, -0.2) is 103 Å². The smallest absolute Gasteiger partial charge is 0.307 e. The van der Waals surface area contributed by atoms with Gasteiger partial charge in [0.2, 0.25) is 0 Å². The van der Waals surface area contributed by atoms with Crippen LogP contribution < -0.4 is 22.1 Å². The number of carboxylic acids is 1. The molecule has 0 atom stereocenters. The van der Waals surface area contributed by atoms with Gasteiger partial charge in [0.05, 0.1) is 19.3 Å². The minimum absolute atomic E-state index is 0.00698. The molecule has 0 saturated heterocycles. The molecule has 3 fully saturated rings. The van der Waals surface area contributed by atoms with Crippen molar-refractivity contribution in [1.29, 1.82) is 0 Å². The summed E-state index contributed by atoms with van der Waals surface area (Å²) in [6.45, 7) is 16.4. The molecule has 0 aromatic rings. The number of carbonyl (C=O) groups excluding carboxylic acids is 3. The first-order valence-corrected chi connectivity index (χ1v) is 25.5. The highest BCUT2D eigenvalue weighted by molar-refractivity contribution is 8.76. The Bertz CT molecular complexity index is 1100. The number of hydrogen-bond donors (Lipinski definition) is 7. The van der Waals surface area contributed by atoms with Gasteiger partial charge in [-0.05, 0) is 90.9 Å². The first-order valence-electron chi connectivity index (χ1n) is 21.7. The first kappa shape index (κ1) is 57.3. The molecule has 11 nitrogen and oxygen atoms in total. The Balaban J connectivity index is 0.000000773. The zero-order valence-corrected chi connectivity index (χ0v) is 40.6. The van der Waals surface area contributed by atoms with Gasteiger partial charge in [0.15, 0.2) is 0 Å². The molecule has 0 aliphatic heterocycles. The first-order chi connectivity index (χ1) is 27.3. The lowest BCUT2D eigenvalue weighted by Gasteiger charge is -2.37. The van der Waals surface area contributed by atoms with E-state index in [2.05, 4.69) is 35.9 Å². The van der Waals surface area contributed by atoms with Gasteiger partial charge in [-0.25, -0.2) is 0 Å². The molecule has 0 amide bonds. The molecule has 3 saturated carbocycles. The number of nitrogens with one attached hydrogen (secondary N) is 2. The summed E-state index contributed by atoms with van der Waals surface area (Å²) in [5.74, 6) is 2.74. The zero-order valence-electron chi connectivity index (χ0n) is 37.1. The number of ether oxygens (including phenoxy) is 2. The van der Waals surface area contributed by atoms with Crippen LogP contribution in [-0.2, 0) is 28.7 Å². The van der Waals surface area contributed by atoms with Gasteiger partial charge in [0, 0.05) is 67.7 Å². The monoisotopic (exact) mass is 897 g/mol. The third-order valence-corrected chi connectivity index (χ3v) is 13.3. The Morgan fingerprint density at radius 3 is 1.33 bits per heavy atom. The molecule has 7 N–H and O–H groups in total. The number of aliphatic carboxylic acids is 1. The van der Waals surface area contributed by atoms with Crippen molar-refractivity contribution in [3.05, 3.63) is 0 Å². The summed E-state index contributed by atoms with van der Waals surface area (Å²) in [6.07, 6.45) is 18.7. The van der Waals surface area contributed by atoms with E-state index in [9.17, 15) is 19.2 Å². The van der Waals surface area contributed by atoms with Gasteiger partial charge in [-0.2, -0.15) is 25.3 Å². The van der Waals surface area contributed by atoms with Crippen LogP contribution in [0.2, 0.25) is 0 Å². The number of aldehydes is 1. The third kappa shape index (κ3) is 29.6. The molecular weight excluding hydrogens is 813 g/mol. The van der Waals surface area contributed by atoms with Gasteiger partial charge < -0.3 is 41.5 Å². The fourth-order valence-corrected chi connectivity index (χ4v) is 9.81. The average Bonchev–Trinajstić information content (AvgIpc) is 3.14. The van der Waals surface area contributed by atoms with E-state index in [-0.39, 0.29) is 34.8 Å². The number of rotatable bonds is 20. The van der Waals surface area contributed by atoms with Crippen molar-refractivity contribution in [2.75, 3.05) is 62.3 Å². The summed E-state index contributed by atoms with van der Waals surface area (Å²) in [7, 11) is 3.58. The Morgan fingerprint density at radius 1 is 0.638 bits per heavy atom. The maximum Gasteiger partial charge on any atom is 0.307 e. The number of thiol groups is 2. The van der Waals surface area contributed by atoms with E-state index < -0.39 is 17.0 Å². The van der Waals surface area contributed by atoms with Crippen molar-refractivity contribution in [1.82, 2.24) is 10.6 Å². The number of nitrogens with two attached hydrogens (primary N) is 2. The third-order valence-electron chi connectivity index (χ3n) is 10.4. The fraction of sp³-hybridized carbons (Fsp3) is 0.907. The molecule has 58 heavy (non-hydrogen) atoms. The summed E-state index contributed by atoms with van der Waals surface area (Å²) >= 11 is 8.35. The molecule has 15 heteroatoms. The Morgan fingerprint density at radius 2 is 1.00 bits per heavy atom. The molecule has 3 aliphatic carbocycles. The maximum atomic E-state index is 12.1. The van der Waals surface area contributed by atoms with Crippen LogP contribution in [0.25, 0.3) is 0 Å². The van der Waals surface area contributed by atoms with Crippen LogP contribution in [0.1, 0.15) is 157 Å². The lowest BCUT2D eigenvalue weighted by atomic mass is 9.71. The quantitative estimate of drug-likeness (QED) is 0.0204. The molecule has 0 bridgehead atoms. The number of hydrogen-bond acceptors (Lipinski definition) is 14. The second kappa shape index (κ2) is 32.1. The van der Waals surface area contributed by atoms with Crippen molar-refractivity contribution in [3.63, 3.8) is 0 Å². The molecule has 3 rings (SSSR count). The van der Waals surface area contributed by atoms with Crippen molar-refractivity contribution in [3.8, 4) is 0 Å². The number of carbonyl (C=O) groups is 4. The Kier molecular flexibility index (Phi) is 31.7. The van der Waals surface area contributed by atoms with E-state index in [0.29, 0.717) is 12.8 Å². The lowest BCUT2D eigenvalue weighted by Crippen LogP contribution is -2.40. The summed E-state index contributed by atoms with van der Waals surface area (Å²) in [5, 5.41) is 15.7. The fourth-order valence-electron chi connectivity index (χ4n) is 7.78. The molecule has 342 valence electrons. The number of carboxylic acid groups (broad SMARTS) is 1. The molecule has 0 spiro atoms. The van der Waals surface area contributed by atoms with Gasteiger partial charge in [-0.15, -0.1) is 0 Å². The van der Waals surface area contributed by atoms with Gasteiger partial charge in [-0.1, -0.05) is 79.4 Å². The van der Waals surface area contributed by atoms with Crippen LogP contribution in [0.5, 0.6) is 0 Å². The summed E-state index contributed by atoms with van der Waals surface area (Å²) in [4.78, 5) is 45.8. The summed E-state index contributed by atoms with van der Waals surface area (Å²) in [6, 6.07) is 0. The Hall–Kier alpha value is -0.680. The van der Waals surface area contributed by atoms with E-state index in [1.165, 1.54) is 44.9 Å². The minimum Gasteiger partial charge on any atom is -0.481 e. The summed E-state index contributed by atoms with van der Waals surface area (Å²) in [5.41, 5.74) is 9.31. The van der Waals surface area contributed by atoms with Crippen molar-refractivity contribution >= 4 is 71.0 Å². The van der Waals surface area contributed by atoms with E-state index in [1.807, 2.05) is 41.5 Å². The van der Waals surface area contributed by atoms with Crippen LogP contribution in [0.4, 0.5) is 0 Å². The maximum absolute atomic E-state index is 12.1. The topological polar surface area (TPSA) is 183 Å². The highest BCUT2D eigenvalue weighted by Gasteiger charge is 2.37. The molecule has 3 aliphatic rings. The molecule has 0 radical (unpaired) electrons. The SMILES string of the molecule is CC(C)(C)OC(=O)CC1(C=O)CCCCC1.CC(C)(C)OC(=O)CC1(CNCCS)CCCCC1.NCCSSCCN.O=C(O)CC1(CNCCS)CCCCC1. The van der Waals surface area contributed by atoms with Gasteiger partial charge in [-0.3, -0.25) is 14.4 Å². The molecule has 0 unspecified atom stereocenters. The normalized spacial score (nSPS) is 18.4. The van der Waals surface area contributed by atoms with Crippen molar-refractivity contribution in [2.45, 2.75) is 168 Å². The van der Waals surface area contributed by atoms with Gasteiger partial charge in [0.1, 0.15) is 17.5 Å². The van der Waals surface area contributed by atoms with Crippen LogP contribution in [0.15, 0.2) is 0 Å². The van der Waals surface area contributed by atoms with Crippen LogP contribution in [0, 0.1) is 16.2 Å². The van der Waals surface area contributed by atoms with Crippen molar-refractivity contribution < 1.29 is 33.8 Å². The van der Waals surface area contributed by atoms with E-state index in [4.69, 9.17) is 26.0 Å². The van der Waals surface area contributed by atoms with E-state index >= 15 is 0 Å². The molecular formula is C43H84N4O7S4. The van der Waals surface area contributed by atoms with E-state index in [0.717, 1.165) is 120 Å². The molecule has 0 heterocycles. The molecule has 0 aromatic heterocycles. The second-order valence-electron chi connectivity index (χ2n) is 18.3. The Labute approximate surface area is 371 Å². The van der Waals surface area contributed by atoms with Gasteiger partial charge >= 0.3 is 17.9 Å². The van der Waals surface area contributed by atoms with Crippen LogP contribution in [0.3, 0.4) is 0 Å². The number of esters is 2. The zero-order chi connectivity index (χ0) is 44.0. The standard InChI is InChI=1S/C15H29NO2S.C13H22O3.C11H21NO2S.C4H12N2S2/c1-14(2,3)18-13(17)11-15(12-16-9-10-19)7-5-4-6-8-15;1-12(2,3)16-11(15)9-13(10-14)7-5-4-6-8-13;13-10(14)8-11(9-12-6-7-15)4-2-1-3-5-11;5-1-3-7-8-4-2-6/h16,19H,4-12H2,1-3H3;10H,4-9H2,1-3H3;12,15H,1-9H2,(H,13,14);1-6H2. The lowest BCUT2D eigenvalue weighted by molar-refractivity contribution is -0.160. The summed E-state index contributed by atoms with van der Waals surface area (Å²) < 4.78 is 10.8. The second-order valence-corrected chi connectivity index (χ2v) is 21.9. The molecule has 0 aromatic carbocycles. The van der Waals surface area contributed by atoms with E-state index in [1.54, 1.807) is 21.6 Å².